The fourth-order valence-electron chi connectivity index (χ4n) is 1.25. The lowest BCUT2D eigenvalue weighted by atomic mass is 10.0. The van der Waals surface area contributed by atoms with Gasteiger partial charge in [0, 0.05) is 17.1 Å². The summed E-state index contributed by atoms with van der Waals surface area (Å²) in [5.74, 6) is -1.55. The number of rotatable bonds is 5. The Bertz CT molecular complexity index is 433. The third-order valence-electron chi connectivity index (χ3n) is 2.59. The van der Waals surface area contributed by atoms with Gasteiger partial charge in [0.25, 0.3) is 0 Å². The highest BCUT2D eigenvalue weighted by Crippen LogP contribution is 2.10. The summed E-state index contributed by atoms with van der Waals surface area (Å²) in [5.41, 5.74) is 0. The lowest BCUT2D eigenvalue weighted by Gasteiger charge is -2.17. The number of hydrogen-bond donors (Lipinski definition) is 3. The number of carbonyl (C=O) groups is 2. The molecule has 0 aliphatic heterocycles. The fraction of sp³-hybridized carbons (Fsp3) is 0.545. The predicted octanol–water partition coefficient (Wildman–Crippen LogP) is 1.36. The van der Waals surface area contributed by atoms with Gasteiger partial charge in [-0.2, -0.15) is 0 Å². The van der Waals surface area contributed by atoms with Gasteiger partial charge < -0.3 is 15.7 Å². The van der Waals surface area contributed by atoms with Crippen molar-refractivity contribution in [3.63, 3.8) is 0 Å². The molecule has 2 amide bonds. The molecule has 3 N–H and O–H groups in total. The van der Waals surface area contributed by atoms with E-state index in [0.717, 1.165) is 9.88 Å². The largest absolute Gasteiger partial charge is 0.481 e. The van der Waals surface area contributed by atoms with Crippen molar-refractivity contribution in [2.45, 2.75) is 33.4 Å². The summed E-state index contributed by atoms with van der Waals surface area (Å²) in [7, 11) is 0. The van der Waals surface area contributed by atoms with Crippen LogP contribution < -0.4 is 10.6 Å². The van der Waals surface area contributed by atoms with Gasteiger partial charge in [-0.15, -0.1) is 11.3 Å². The molecule has 2 atom stereocenters. The highest BCUT2D eigenvalue weighted by atomic mass is 32.1. The Kier molecular flexibility index (Phi) is 5.08. The number of carboxylic acids is 1. The number of carbonyl (C=O) groups excluding carboxylic acids is 1. The number of hydrogen-bond acceptors (Lipinski definition) is 4. The van der Waals surface area contributed by atoms with Gasteiger partial charge in [-0.25, -0.2) is 9.78 Å². The molecular weight excluding hydrogens is 254 g/mol. The molecule has 0 aromatic carbocycles. The molecule has 0 aliphatic rings. The zero-order valence-electron chi connectivity index (χ0n) is 10.6. The van der Waals surface area contributed by atoms with Gasteiger partial charge in [0.2, 0.25) is 0 Å². The molecule has 0 fully saturated rings. The van der Waals surface area contributed by atoms with E-state index in [2.05, 4.69) is 15.6 Å². The quantitative estimate of drug-likeness (QED) is 0.754. The van der Waals surface area contributed by atoms with Crippen LogP contribution in [0.2, 0.25) is 0 Å². The van der Waals surface area contributed by atoms with Gasteiger partial charge in [0.05, 0.1) is 17.5 Å². The number of aromatic nitrogens is 1. The van der Waals surface area contributed by atoms with Crippen molar-refractivity contribution in [2.24, 2.45) is 5.92 Å². The van der Waals surface area contributed by atoms with Crippen LogP contribution in [0.25, 0.3) is 0 Å². The molecular formula is C11H17N3O3S. The average Bonchev–Trinajstić information content (AvgIpc) is 2.71. The molecule has 0 radical (unpaired) electrons. The standard InChI is InChI=1S/C11H17N3O3S/c1-6(10(15)16)7(2)14-11(17)13-5-9-4-12-8(3)18-9/h4,6-7H,5H2,1-3H3,(H,15,16)(H2,13,14,17). The molecule has 1 heterocycles. The predicted molar refractivity (Wildman–Crippen MR) is 68.5 cm³/mol. The highest BCUT2D eigenvalue weighted by molar-refractivity contribution is 7.11. The molecule has 7 heteroatoms. The topological polar surface area (TPSA) is 91.3 Å². The van der Waals surface area contributed by atoms with Crippen LogP contribution in [0.4, 0.5) is 4.79 Å². The monoisotopic (exact) mass is 271 g/mol. The Balaban J connectivity index is 2.35. The van der Waals surface area contributed by atoms with Crippen LogP contribution in [-0.4, -0.2) is 28.1 Å². The van der Waals surface area contributed by atoms with Crippen molar-refractivity contribution in [3.8, 4) is 0 Å². The maximum atomic E-state index is 11.5. The Morgan fingerprint density at radius 1 is 1.50 bits per heavy atom. The second-order valence-corrected chi connectivity index (χ2v) is 5.41. The van der Waals surface area contributed by atoms with Gasteiger partial charge >= 0.3 is 12.0 Å². The number of thiazole rings is 1. The highest BCUT2D eigenvalue weighted by Gasteiger charge is 2.20. The van der Waals surface area contributed by atoms with E-state index in [9.17, 15) is 9.59 Å². The van der Waals surface area contributed by atoms with Crippen LogP contribution in [0, 0.1) is 12.8 Å². The first-order valence-electron chi connectivity index (χ1n) is 5.58. The maximum Gasteiger partial charge on any atom is 0.315 e. The molecule has 0 spiro atoms. The molecule has 6 nitrogen and oxygen atoms in total. The van der Waals surface area contributed by atoms with Crippen LogP contribution in [-0.2, 0) is 11.3 Å². The van der Waals surface area contributed by atoms with E-state index in [1.165, 1.54) is 11.3 Å². The minimum Gasteiger partial charge on any atom is -0.481 e. The molecule has 1 aromatic rings. The second-order valence-electron chi connectivity index (χ2n) is 4.09. The Morgan fingerprint density at radius 2 is 2.17 bits per heavy atom. The van der Waals surface area contributed by atoms with Crippen molar-refractivity contribution in [1.29, 1.82) is 0 Å². The zero-order chi connectivity index (χ0) is 13.7. The summed E-state index contributed by atoms with van der Waals surface area (Å²) in [6.45, 7) is 5.51. The normalized spacial score (nSPS) is 13.7. The maximum absolute atomic E-state index is 11.5. The second kappa shape index (κ2) is 6.34. The van der Waals surface area contributed by atoms with Gasteiger partial charge in [0.1, 0.15) is 0 Å². The fourth-order valence-corrected chi connectivity index (χ4v) is 1.99. The number of amides is 2. The van der Waals surface area contributed by atoms with E-state index >= 15 is 0 Å². The summed E-state index contributed by atoms with van der Waals surface area (Å²) >= 11 is 1.51. The average molecular weight is 271 g/mol. The molecule has 2 unspecified atom stereocenters. The van der Waals surface area contributed by atoms with Crippen molar-refractivity contribution in [3.05, 3.63) is 16.1 Å². The van der Waals surface area contributed by atoms with Gasteiger partial charge in [-0.1, -0.05) is 0 Å². The van der Waals surface area contributed by atoms with E-state index in [1.54, 1.807) is 20.0 Å². The molecule has 1 rings (SSSR count). The molecule has 0 aliphatic carbocycles. The summed E-state index contributed by atoms with van der Waals surface area (Å²) in [6, 6.07) is -0.799. The molecule has 0 bridgehead atoms. The van der Waals surface area contributed by atoms with Crippen molar-refractivity contribution in [2.75, 3.05) is 0 Å². The van der Waals surface area contributed by atoms with E-state index in [4.69, 9.17) is 5.11 Å². The first-order valence-corrected chi connectivity index (χ1v) is 6.40. The number of urea groups is 1. The molecule has 0 saturated heterocycles. The summed E-state index contributed by atoms with van der Waals surface area (Å²) < 4.78 is 0. The Labute approximate surface area is 109 Å². The summed E-state index contributed by atoms with van der Waals surface area (Å²) in [5, 5.41) is 15.0. The summed E-state index contributed by atoms with van der Waals surface area (Å²) in [4.78, 5) is 27.3. The van der Waals surface area contributed by atoms with E-state index in [0.29, 0.717) is 6.54 Å². The smallest absolute Gasteiger partial charge is 0.315 e. The SMILES string of the molecule is Cc1ncc(CNC(=O)NC(C)C(C)C(=O)O)s1. The van der Waals surface area contributed by atoms with Crippen molar-refractivity contribution >= 4 is 23.3 Å². The van der Waals surface area contributed by atoms with Gasteiger partial charge in [-0.3, -0.25) is 4.79 Å². The van der Waals surface area contributed by atoms with Crippen LogP contribution in [0.3, 0.4) is 0 Å². The van der Waals surface area contributed by atoms with Gasteiger partial charge in [0.15, 0.2) is 0 Å². The lowest BCUT2D eigenvalue weighted by molar-refractivity contribution is -0.141. The van der Waals surface area contributed by atoms with Gasteiger partial charge in [-0.05, 0) is 20.8 Å². The Morgan fingerprint density at radius 3 is 2.67 bits per heavy atom. The van der Waals surface area contributed by atoms with E-state index in [-0.39, 0.29) is 6.03 Å². The third kappa shape index (κ3) is 4.33. The van der Waals surface area contributed by atoms with Crippen LogP contribution in [0.1, 0.15) is 23.7 Å². The lowest BCUT2D eigenvalue weighted by Crippen LogP contribution is -2.44. The first-order chi connectivity index (χ1) is 8.40. The molecule has 100 valence electrons. The summed E-state index contributed by atoms with van der Waals surface area (Å²) in [6.07, 6.45) is 1.71. The molecule has 0 saturated carbocycles. The van der Waals surface area contributed by atoms with Crippen LogP contribution in [0.15, 0.2) is 6.20 Å². The first kappa shape index (κ1) is 14.4. The minimum atomic E-state index is -0.930. The molecule has 18 heavy (non-hydrogen) atoms. The molecule has 1 aromatic heterocycles. The third-order valence-corrected chi connectivity index (χ3v) is 3.50. The number of aryl methyl sites for hydroxylation is 1. The van der Waals surface area contributed by atoms with Crippen molar-refractivity contribution in [1.82, 2.24) is 15.6 Å². The number of aliphatic carboxylic acids is 1. The van der Waals surface area contributed by atoms with E-state index < -0.39 is 17.9 Å². The Hall–Kier alpha value is -1.63. The number of nitrogens with zero attached hydrogens (tertiary/aromatic N) is 1. The number of carboxylic acid groups (broad SMARTS) is 1. The minimum absolute atomic E-state index is 0.373. The van der Waals surface area contributed by atoms with Crippen LogP contribution in [0.5, 0.6) is 0 Å². The van der Waals surface area contributed by atoms with Crippen molar-refractivity contribution < 1.29 is 14.7 Å². The number of nitrogens with one attached hydrogen (secondary N) is 2. The zero-order valence-corrected chi connectivity index (χ0v) is 11.4. The van der Waals surface area contributed by atoms with E-state index in [1.807, 2.05) is 6.92 Å². The van der Waals surface area contributed by atoms with Crippen LogP contribution >= 0.6 is 11.3 Å².